The van der Waals surface area contributed by atoms with Crippen molar-refractivity contribution in [3.63, 3.8) is 0 Å². The fourth-order valence-corrected chi connectivity index (χ4v) is 1.52. The number of carbonyl (C=O) groups is 1. The Morgan fingerprint density at radius 2 is 2.00 bits per heavy atom. The van der Waals surface area contributed by atoms with E-state index in [1.54, 1.807) is 7.11 Å². The van der Waals surface area contributed by atoms with Crippen LogP contribution in [-0.2, 0) is 16.1 Å². The molecule has 0 aliphatic rings. The molecular weight excluding hydrogens is 244 g/mol. The largest absolute Gasteiger partial charge is 0.497 e. The highest BCUT2D eigenvalue weighted by Crippen LogP contribution is 2.12. The quantitative estimate of drug-likeness (QED) is 0.577. The van der Waals surface area contributed by atoms with Gasteiger partial charge in [-0.2, -0.15) is 0 Å². The molecule has 0 heterocycles. The van der Waals surface area contributed by atoms with Gasteiger partial charge in [0.05, 0.1) is 19.8 Å². The third-order valence-electron chi connectivity index (χ3n) is 2.82. The maximum absolute atomic E-state index is 11.0. The van der Waals surface area contributed by atoms with E-state index in [0.29, 0.717) is 19.6 Å². The molecule has 1 aromatic carbocycles. The molecule has 19 heavy (non-hydrogen) atoms. The van der Waals surface area contributed by atoms with Crippen LogP contribution in [0.15, 0.2) is 36.4 Å². The minimum atomic E-state index is -0.826. The number of aliphatic hydroxyl groups is 1. The molecule has 0 saturated carbocycles. The number of ether oxygens (including phenoxy) is 2. The lowest BCUT2D eigenvalue weighted by molar-refractivity contribution is -0.114. The molecule has 0 spiro atoms. The first-order valence-corrected chi connectivity index (χ1v) is 6.13. The topological polar surface area (TPSA) is 55.8 Å². The van der Waals surface area contributed by atoms with Gasteiger partial charge in [0.15, 0.2) is 5.78 Å². The number of rotatable bonds is 8. The fraction of sp³-hybridized carbons (Fsp3) is 0.400. The molecular formula is C15H20O4. The summed E-state index contributed by atoms with van der Waals surface area (Å²) in [6, 6.07) is 7.57. The zero-order chi connectivity index (χ0) is 14.3. The zero-order valence-corrected chi connectivity index (χ0v) is 11.4. The van der Waals surface area contributed by atoms with Gasteiger partial charge >= 0.3 is 0 Å². The van der Waals surface area contributed by atoms with E-state index in [-0.39, 0.29) is 11.4 Å². The van der Waals surface area contributed by atoms with Gasteiger partial charge in [0.25, 0.3) is 0 Å². The Balaban J connectivity index is 2.26. The van der Waals surface area contributed by atoms with Crippen molar-refractivity contribution in [2.24, 2.45) is 0 Å². The van der Waals surface area contributed by atoms with E-state index in [1.165, 1.54) is 6.92 Å². The first-order chi connectivity index (χ1) is 9.04. The standard InChI is InChI=1S/C15H20O4/c1-11(12(2)16)15(17)8-9-19-10-13-4-6-14(18-3)7-5-13/h4-7,15,17H,1,8-10H2,2-3H3. The van der Waals surface area contributed by atoms with Gasteiger partial charge in [-0.25, -0.2) is 0 Å². The van der Waals surface area contributed by atoms with E-state index >= 15 is 0 Å². The van der Waals surface area contributed by atoms with Gasteiger partial charge in [-0.3, -0.25) is 4.79 Å². The average molecular weight is 264 g/mol. The van der Waals surface area contributed by atoms with E-state index in [4.69, 9.17) is 9.47 Å². The molecule has 0 saturated heterocycles. The van der Waals surface area contributed by atoms with Gasteiger partial charge in [-0.15, -0.1) is 0 Å². The van der Waals surface area contributed by atoms with Crippen molar-refractivity contribution in [2.45, 2.75) is 26.1 Å². The predicted octanol–water partition coefficient (Wildman–Crippen LogP) is 2.11. The van der Waals surface area contributed by atoms with E-state index in [0.717, 1.165) is 11.3 Å². The number of Topliss-reactive ketones (excluding diaryl/α,β-unsaturated/α-hetero) is 1. The summed E-state index contributed by atoms with van der Waals surface area (Å²) in [5.41, 5.74) is 1.26. The second-order valence-corrected chi connectivity index (χ2v) is 4.29. The molecule has 104 valence electrons. The fourth-order valence-electron chi connectivity index (χ4n) is 1.52. The Morgan fingerprint density at radius 1 is 1.37 bits per heavy atom. The number of methoxy groups -OCH3 is 1. The molecule has 0 amide bonds. The zero-order valence-electron chi connectivity index (χ0n) is 11.4. The molecule has 0 radical (unpaired) electrons. The lowest BCUT2D eigenvalue weighted by Crippen LogP contribution is -2.17. The minimum Gasteiger partial charge on any atom is -0.497 e. The van der Waals surface area contributed by atoms with Crippen molar-refractivity contribution >= 4 is 5.78 Å². The Kier molecular flexibility index (Phi) is 6.25. The van der Waals surface area contributed by atoms with Crippen LogP contribution in [0.25, 0.3) is 0 Å². The summed E-state index contributed by atoms with van der Waals surface area (Å²) in [7, 11) is 1.62. The SMILES string of the molecule is C=C(C(C)=O)C(O)CCOCc1ccc(OC)cc1. The van der Waals surface area contributed by atoms with Crippen LogP contribution in [0, 0.1) is 0 Å². The third-order valence-corrected chi connectivity index (χ3v) is 2.82. The predicted molar refractivity (Wildman–Crippen MR) is 73.1 cm³/mol. The van der Waals surface area contributed by atoms with Crippen LogP contribution < -0.4 is 4.74 Å². The van der Waals surface area contributed by atoms with E-state index in [1.807, 2.05) is 24.3 Å². The minimum absolute atomic E-state index is 0.192. The molecule has 0 aliphatic carbocycles. The maximum atomic E-state index is 11.0. The summed E-state index contributed by atoms with van der Waals surface area (Å²) in [6.07, 6.45) is -0.456. The summed E-state index contributed by atoms with van der Waals surface area (Å²) in [5.74, 6) is 0.611. The van der Waals surface area contributed by atoms with Crippen molar-refractivity contribution in [3.05, 3.63) is 42.0 Å². The van der Waals surface area contributed by atoms with Gasteiger partial charge in [-0.05, 0) is 24.6 Å². The van der Waals surface area contributed by atoms with Crippen molar-refractivity contribution < 1.29 is 19.4 Å². The Labute approximate surface area is 113 Å². The van der Waals surface area contributed by atoms with Crippen molar-refractivity contribution in [1.82, 2.24) is 0 Å². The van der Waals surface area contributed by atoms with Gasteiger partial charge in [0.2, 0.25) is 0 Å². The summed E-state index contributed by atoms with van der Waals surface area (Å²) in [4.78, 5) is 11.0. The Hall–Kier alpha value is -1.65. The Morgan fingerprint density at radius 3 is 2.53 bits per heavy atom. The lowest BCUT2D eigenvalue weighted by Gasteiger charge is -2.11. The van der Waals surface area contributed by atoms with Crippen LogP contribution >= 0.6 is 0 Å². The molecule has 0 bridgehead atoms. The number of ketones is 1. The van der Waals surface area contributed by atoms with Crippen LogP contribution in [0.3, 0.4) is 0 Å². The summed E-state index contributed by atoms with van der Waals surface area (Å²) >= 11 is 0. The molecule has 4 heteroatoms. The first-order valence-electron chi connectivity index (χ1n) is 6.13. The van der Waals surface area contributed by atoms with Crippen LogP contribution in [0.4, 0.5) is 0 Å². The number of hydrogen-bond donors (Lipinski definition) is 1. The van der Waals surface area contributed by atoms with Gasteiger partial charge in [0, 0.05) is 18.6 Å². The van der Waals surface area contributed by atoms with E-state index in [2.05, 4.69) is 6.58 Å². The van der Waals surface area contributed by atoms with E-state index < -0.39 is 6.10 Å². The number of hydrogen-bond acceptors (Lipinski definition) is 4. The van der Waals surface area contributed by atoms with Crippen LogP contribution in [-0.4, -0.2) is 30.7 Å². The maximum Gasteiger partial charge on any atom is 0.157 e. The molecule has 1 unspecified atom stereocenters. The highest BCUT2D eigenvalue weighted by atomic mass is 16.5. The smallest absolute Gasteiger partial charge is 0.157 e. The van der Waals surface area contributed by atoms with Gasteiger partial charge < -0.3 is 14.6 Å². The van der Waals surface area contributed by atoms with Gasteiger partial charge in [-0.1, -0.05) is 18.7 Å². The summed E-state index contributed by atoms with van der Waals surface area (Å²) in [5, 5.41) is 9.64. The third kappa shape index (κ3) is 5.24. The monoisotopic (exact) mass is 264 g/mol. The molecule has 1 rings (SSSR count). The number of carbonyl (C=O) groups excluding carboxylic acids is 1. The normalized spacial score (nSPS) is 11.9. The van der Waals surface area contributed by atoms with Crippen molar-refractivity contribution in [1.29, 1.82) is 0 Å². The lowest BCUT2D eigenvalue weighted by atomic mass is 10.1. The number of aliphatic hydroxyl groups excluding tert-OH is 1. The molecule has 1 atom stereocenters. The molecule has 1 N–H and O–H groups in total. The highest BCUT2D eigenvalue weighted by Gasteiger charge is 2.12. The van der Waals surface area contributed by atoms with Gasteiger partial charge in [0.1, 0.15) is 5.75 Å². The van der Waals surface area contributed by atoms with Crippen molar-refractivity contribution in [3.8, 4) is 5.75 Å². The number of benzene rings is 1. The van der Waals surface area contributed by atoms with Crippen molar-refractivity contribution in [2.75, 3.05) is 13.7 Å². The van der Waals surface area contributed by atoms with Crippen LogP contribution in [0.5, 0.6) is 5.75 Å². The molecule has 4 nitrogen and oxygen atoms in total. The second kappa shape index (κ2) is 7.71. The average Bonchev–Trinajstić information content (AvgIpc) is 2.43. The molecule has 0 aromatic heterocycles. The highest BCUT2D eigenvalue weighted by molar-refractivity contribution is 5.93. The molecule has 0 fully saturated rings. The first kappa shape index (κ1) is 15.4. The van der Waals surface area contributed by atoms with Crippen LogP contribution in [0.1, 0.15) is 18.9 Å². The summed E-state index contributed by atoms with van der Waals surface area (Å²) in [6.45, 7) is 5.77. The van der Waals surface area contributed by atoms with E-state index in [9.17, 15) is 9.90 Å². The Bertz CT molecular complexity index is 422. The second-order valence-electron chi connectivity index (χ2n) is 4.29. The summed E-state index contributed by atoms with van der Waals surface area (Å²) < 4.78 is 10.5. The van der Waals surface area contributed by atoms with Crippen LogP contribution in [0.2, 0.25) is 0 Å². The molecule has 1 aromatic rings. The molecule has 0 aliphatic heterocycles.